The topological polar surface area (TPSA) is 85.0 Å². The van der Waals surface area contributed by atoms with E-state index in [1.807, 2.05) is 0 Å². The van der Waals surface area contributed by atoms with Gasteiger partial charge in [-0.1, -0.05) is 5.16 Å². The Hall–Kier alpha value is -1.67. The van der Waals surface area contributed by atoms with E-state index in [4.69, 9.17) is 14.0 Å². The quantitative estimate of drug-likeness (QED) is 0.435. The summed E-state index contributed by atoms with van der Waals surface area (Å²) < 4.78 is 16.1. The minimum absolute atomic E-state index is 0.333. The highest BCUT2D eigenvalue weighted by Crippen LogP contribution is 2.14. The Kier molecular flexibility index (Phi) is 7.97. The molecular formula is C16H29N5O3. The standard InChI is InChI=1S/C16H29N5O3/c1-4-17-16(18-12-15-19-13(2)20-24-15)21-8-6-14(7-9-21)23-11-5-10-22-3/h14H,4-12H2,1-3H3,(H,17,18). The molecule has 0 aliphatic carbocycles. The zero-order valence-electron chi connectivity index (χ0n) is 15.0. The van der Waals surface area contributed by atoms with Crippen molar-refractivity contribution in [3.8, 4) is 0 Å². The fourth-order valence-corrected chi connectivity index (χ4v) is 2.66. The molecule has 0 aromatic carbocycles. The number of nitrogens with zero attached hydrogens (tertiary/aromatic N) is 4. The van der Waals surface area contributed by atoms with Gasteiger partial charge in [-0.2, -0.15) is 4.98 Å². The Morgan fingerprint density at radius 3 is 2.79 bits per heavy atom. The number of nitrogens with one attached hydrogen (secondary N) is 1. The van der Waals surface area contributed by atoms with E-state index in [9.17, 15) is 0 Å². The van der Waals surface area contributed by atoms with Gasteiger partial charge in [-0.3, -0.25) is 0 Å². The van der Waals surface area contributed by atoms with Gasteiger partial charge < -0.3 is 24.2 Å². The van der Waals surface area contributed by atoms with Crippen LogP contribution in [0, 0.1) is 6.92 Å². The maximum absolute atomic E-state index is 5.90. The number of piperidine rings is 1. The van der Waals surface area contributed by atoms with Gasteiger partial charge in [0.25, 0.3) is 0 Å². The average molecular weight is 339 g/mol. The van der Waals surface area contributed by atoms with Crippen LogP contribution in [0.2, 0.25) is 0 Å². The van der Waals surface area contributed by atoms with Crippen molar-refractivity contribution < 1.29 is 14.0 Å². The molecule has 0 amide bonds. The number of ether oxygens (including phenoxy) is 2. The van der Waals surface area contributed by atoms with E-state index in [1.165, 1.54) is 0 Å². The molecule has 1 aliphatic heterocycles. The molecule has 1 N–H and O–H groups in total. The van der Waals surface area contributed by atoms with Gasteiger partial charge in [-0.05, 0) is 33.1 Å². The van der Waals surface area contributed by atoms with Crippen molar-refractivity contribution in [3.63, 3.8) is 0 Å². The second-order valence-electron chi connectivity index (χ2n) is 5.81. The number of aryl methyl sites for hydroxylation is 1. The maximum Gasteiger partial charge on any atom is 0.248 e. The van der Waals surface area contributed by atoms with Crippen molar-refractivity contribution in [1.82, 2.24) is 20.4 Å². The summed E-state index contributed by atoms with van der Waals surface area (Å²) in [6, 6.07) is 0. The summed E-state index contributed by atoms with van der Waals surface area (Å²) in [6.45, 7) is 8.49. The van der Waals surface area contributed by atoms with Gasteiger partial charge in [-0.25, -0.2) is 4.99 Å². The van der Waals surface area contributed by atoms with Crippen molar-refractivity contribution in [1.29, 1.82) is 0 Å². The number of hydrogen-bond acceptors (Lipinski definition) is 6. The van der Waals surface area contributed by atoms with Gasteiger partial charge in [0, 0.05) is 40.0 Å². The lowest BCUT2D eigenvalue weighted by Gasteiger charge is -2.34. The zero-order valence-corrected chi connectivity index (χ0v) is 15.0. The third-order valence-corrected chi connectivity index (χ3v) is 3.86. The van der Waals surface area contributed by atoms with Gasteiger partial charge in [0.2, 0.25) is 5.89 Å². The van der Waals surface area contributed by atoms with Crippen molar-refractivity contribution in [2.24, 2.45) is 4.99 Å². The number of likely N-dealkylation sites (tertiary alicyclic amines) is 1. The lowest BCUT2D eigenvalue weighted by molar-refractivity contribution is 0.00989. The molecule has 0 spiro atoms. The predicted molar refractivity (Wildman–Crippen MR) is 90.9 cm³/mol. The third kappa shape index (κ3) is 6.09. The summed E-state index contributed by atoms with van der Waals surface area (Å²) in [5.74, 6) is 2.07. The molecule has 0 unspecified atom stereocenters. The molecule has 0 atom stereocenters. The highest BCUT2D eigenvalue weighted by Gasteiger charge is 2.22. The molecule has 2 rings (SSSR count). The second-order valence-corrected chi connectivity index (χ2v) is 5.81. The number of guanidine groups is 1. The average Bonchev–Trinajstić information content (AvgIpc) is 3.01. The SMILES string of the molecule is CCNC(=NCc1nc(C)no1)N1CCC(OCCCOC)CC1. The fourth-order valence-electron chi connectivity index (χ4n) is 2.66. The van der Waals surface area contributed by atoms with Crippen LogP contribution in [0.1, 0.15) is 37.9 Å². The Balaban J connectivity index is 1.79. The van der Waals surface area contributed by atoms with Crippen LogP contribution in [0.4, 0.5) is 0 Å². The van der Waals surface area contributed by atoms with Crippen molar-refractivity contribution in [3.05, 3.63) is 11.7 Å². The molecule has 136 valence electrons. The molecule has 1 aromatic rings. The molecule has 1 aromatic heterocycles. The van der Waals surface area contributed by atoms with E-state index in [1.54, 1.807) is 14.0 Å². The molecule has 1 saturated heterocycles. The van der Waals surface area contributed by atoms with Crippen LogP contribution < -0.4 is 5.32 Å². The molecule has 8 nitrogen and oxygen atoms in total. The second kappa shape index (κ2) is 10.2. The van der Waals surface area contributed by atoms with Gasteiger partial charge in [-0.15, -0.1) is 0 Å². The first-order valence-corrected chi connectivity index (χ1v) is 8.66. The highest BCUT2D eigenvalue weighted by molar-refractivity contribution is 5.80. The van der Waals surface area contributed by atoms with E-state index in [0.717, 1.165) is 58.1 Å². The van der Waals surface area contributed by atoms with E-state index in [-0.39, 0.29) is 0 Å². The summed E-state index contributed by atoms with van der Waals surface area (Å²) >= 11 is 0. The molecular weight excluding hydrogens is 310 g/mol. The fraction of sp³-hybridized carbons (Fsp3) is 0.812. The minimum atomic E-state index is 0.333. The first kappa shape index (κ1) is 18.7. The Labute approximate surface area is 143 Å². The number of aliphatic imine (C=N–C) groups is 1. The Morgan fingerprint density at radius 2 is 2.17 bits per heavy atom. The molecule has 1 aliphatic rings. The van der Waals surface area contributed by atoms with Gasteiger partial charge in [0.15, 0.2) is 11.8 Å². The van der Waals surface area contributed by atoms with Crippen LogP contribution in [0.25, 0.3) is 0 Å². The van der Waals surface area contributed by atoms with E-state index in [0.29, 0.717) is 24.4 Å². The lowest BCUT2D eigenvalue weighted by atomic mass is 10.1. The largest absolute Gasteiger partial charge is 0.385 e. The van der Waals surface area contributed by atoms with Gasteiger partial charge in [0.1, 0.15) is 6.54 Å². The number of hydrogen-bond donors (Lipinski definition) is 1. The number of rotatable bonds is 8. The van der Waals surface area contributed by atoms with Gasteiger partial charge >= 0.3 is 0 Å². The van der Waals surface area contributed by atoms with Crippen LogP contribution in [-0.4, -0.2) is 67.1 Å². The lowest BCUT2D eigenvalue weighted by Crippen LogP contribution is -2.47. The summed E-state index contributed by atoms with van der Waals surface area (Å²) in [5.41, 5.74) is 0. The summed E-state index contributed by atoms with van der Waals surface area (Å²) in [7, 11) is 1.72. The van der Waals surface area contributed by atoms with Crippen LogP contribution in [0.15, 0.2) is 9.52 Å². The Morgan fingerprint density at radius 1 is 1.38 bits per heavy atom. The minimum Gasteiger partial charge on any atom is -0.385 e. The molecule has 0 bridgehead atoms. The van der Waals surface area contributed by atoms with E-state index < -0.39 is 0 Å². The predicted octanol–water partition coefficient (Wildman–Crippen LogP) is 1.36. The summed E-state index contributed by atoms with van der Waals surface area (Å²) in [6.07, 6.45) is 3.30. The zero-order chi connectivity index (χ0) is 17.2. The Bertz CT molecular complexity index is 498. The molecule has 0 radical (unpaired) electrons. The summed E-state index contributed by atoms with van der Waals surface area (Å²) in [5, 5.41) is 7.12. The smallest absolute Gasteiger partial charge is 0.248 e. The van der Waals surface area contributed by atoms with Gasteiger partial charge in [0.05, 0.1) is 6.10 Å². The normalized spacial score (nSPS) is 16.6. The van der Waals surface area contributed by atoms with Crippen LogP contribution >= 0.6 is 0 Å². The first-order chi connectivity index (χ1) is 11.7. The first-order valence-electron chi connectivity index (χ1n) is 8.66. The summed E-state index contributed by atoms with van der Waals surface area (Å²) in [4.78, 5) is 11.1. The van der Waals surface area contributed by atoms with Crippen molar-refractivity contribution in [2.75, 3.05) is 40.0 Å². The monoisotopic (exact) mass is 339 g/mol. The van der Waals surface area contributed by atoms with E-state index in [2.05, 4.69) is 32.3 Å². The molecule has 24 heavy (non-hydrogen) atoms. The van der Waals surface area contributed by atoms with Crippen molar-refractivity contribution >= 4 is 5.96 Å². The molecule has 0 saturated carbocycles. The van der Waals surface area contributed by atoms with E-state index >= 15 is 0 Å². The van der Waals surface area contributed by atoms with Crippen LogP contribution in [0.5, 0.6) is 0 Å². The van der Waals surface area contributed by atoms with Crippen LogP contribution in [-0.2, 0) is 16.0 Å². The number of methoxy groups -OCH3 is 1. The van der Waals surface area contributed by atoms with Crippen LogP contribution in [0.3, 0.4) is 0 Å². The molecule has 8 heteroatoms. The highest BCUT2D eigenvalue weighted by atomic mass is 16.5. The number of aromatic nitrogens is 2. The maximum atomic E-state index is 5.90. The third-order valence-electron chi connectivity index (χ3n) is 3.86. The molecule has 1 fully saturated rings. The molecule has 2 heterocycles. The van der Waals surface area contributed by atoms with Crippen molar-refractivity contribution in [2.45, 2.75) is 45.8 Å².